The lowest BCUT2D eigenvalue weighted by Crippen LogP contribution is -2.33. The Morgan fingerprint density at radius 1 is 1.30 bits per heavy atom. The first-order valence-corrected chi connectivity index (χ1v) is 8.16. The van der Waals surface area contributed by atoms with Gasteiger partial charge in [0.05, 0.1) is 30.2 Å². The summed E-state index contributed by atoms with van der Waals surface area (Å²) in [6.07, 6.45) is 0.0961. The standard InChI is InChI=1S/C16H25N5O2/c1-11(2)5-12-6-13(18-17-12)8-20-3-4-21-14(9-20)7-15(19-21)16(23)10-22/h6-7,11,16,22-23H,3-5,8-10H2,1-2H3,(H,17,18)/t16-/m0/s1. The molecule has 23 heavy (non-hydrogen) atoms. The van der Waals surface area contributed by atoms with Crippen LogP contribution in [0.4, 0.5) is 0 Å². The van der Waals surface area contributed by atoms with Crippen LogP contribution in [0.5, 0.6) is 0 Å². The molecule has 1 aliphatic rings. The van der Waals surface area contributed by atoms with Gasteiger partial charge in [-0.2, -0.15) is 10.2 Å². The molecule has 3 rings (SSSR count). The van der Waals surface area contributed by atoms with Gasteiger partial charge in [0.25, 0.3) is 0 Å². The fourth-order valence-electron chi connectivity index (χ4n) is 2.99. The van der Waals surface area contributed by atoms with Gasteiger partial charge < -0.3 is 10.2 Å². The zero-order valence-corrected chi connectivity index (χ0v) is 13.7. The van der Waals surface area contributed by atoms with E-state index in [4.69, 9.17) is 5.11 Å². The molecule has 3 heterocycles. The van der Waals surface area contributed by atoms with Crippen molar-refractivity contribution in [2.75, 3.05) is 13.2 Å². The van der Waals surface area contributed by atoms with Crippen LogP contribution in [0.25, 0.3) is 0 Å². The van der Waals surface area contributed by atoms with Crippen LogP contribution in [0.1, 0.15) is 42.7 Å². The average molecular weight is 319 g/mol. The fourth-order valence-corrected chi connectivity index (χ4v) is 2.99. The maximum atomic E-state index is 9.70. The minimum Gasteiger partial charge on any atom is -0.393 e. The second-order valence-corrected chi connectivity index (χ2v) is 6.68. The van der Waals surface area contributed by atoms with Crippen LogP contribution in [0, 0.1) is 5.92 Å². The molecular weight excluding hydrogens is 294 g/mol. The minimum absolute atomic E-state index is 0.299. The fraction of sp³-hybridized carbons (Fsp3) is 0.625. The van der Waals surface area contributed by atoms with Crippen molar-refractivity contribution in [3.63, 3.8) is 0 Å². The van der Waals surface area contributed by atoms with E-state index < -0.39 is 6.10 Å². The van der Waals surface area contributed by atoms with Crippen LogP contribution in [0.2, 0.25) is 0 Å². The van der Waals surface area contributed by atoms with Crippen LogP contribution in [0.3, 0.4) is 0 Å². The summed E-state index contributed by atoms with van der Waals surface area (Å²) < 4.78 is 1.92. The molecule has 0 radical (unpaired) electrons. The van der Waals surface area contributed by atoms with Gasteiger partial charge in [-0.3, -0.25) is 14.7 Å². The number of H-pyrrole nitrogens is 1. The zero-order chi connectivity index (χ0) is 16.4. The highest BCUT2D eigenvalue weighted by Gasteiger charge is 2.21. The Morgan fingerprint density at radius 3 is 2.87 bits per heavy atom. The van der Waals surface area contributed by atoms with Crippen molar-refractivity contribution < 1.29 is 10.2 Å². The number of aromatic nitrogens is 4. The molecule has 7 nitrogen and oxygen atoms in total. The Morgan fingerprint density at radius 2 is 2.13 bits per heavy atom. The quantitative estimate of drug-likeness (QED) is 0.734. The highest BCUT2D eigenvalue weighted by molar-refractivity contribution is 5.15. The Balaban J connectivity index is 1.63. The van der Waals surface area contributed by atoms with Crippen molar-refractivity contribution in [2.24, 2.45) is 5.92 Å². The number of fused-ring (bicyclic) bond motifs is 1. The maximum absolute atomic E-state index is 9.70. The molecule has 2 aromatic heterocycles. The van der Waals surface area contributed by atoms with Gasteiger partial charge in [-0.1, -0.05) is 13.8 Å². The van der Waals surface area contributed by atoms with Gasteiger partial charge in [0.15, 0.2) is 0 Å². The van der Waals surface area contributed by atoms with Gasteiger partial charge in [-0.05, 0) is 24.5 Å². The van der Waals surface area contributed by atoms with Crippen LogP contribution in [-0.4, -0.2) is 48.2 Å². The third-order valence-corrected chi connectivity index (χ3v) is 4.11. The summed E-state index contributed by atoms with van der Waals surface area (Å²) in [7, 11) is 0. The lowest BCUT2D eigenvalue weighted by Gasteiger charge is -2.26. The van der Waals surface area contributed by atoms with Crippen molar-refractivity contribution in [1.82, 2.24) is 24.9 Å². The molecule has 3 N–H and O–H groups in total. The van der Waals surface area contributed by atoms with E-state index in [2.05, 4.69) is 40.1 Å². The number of nitrogens with zero attached hydrogens (tertiary/aromatic N) is 4. The first-order valence-electron chi connectivity index (χ1n) is 8.16. The third kappa shape index (κ3) is 3.80. The Kier molecular flexibility index (Phi) is 4.79. The molecule has 0 fully saturated rings. The molecule has 0 unspecified atom stereocenters. The van der Waals surface area contributed by atoms with E-state index in [0.29, 0.717) is 11.6 Å². The second-order valence-electron chi connectivity index (χ2n) is 6.68. The first kappa shape index (κ1) is 16.2. The topological polar surface area (TPSA) is 90.2 Å². The van der Waals surface area contributed by atoms with E-state index in [1.54, 1.807) is 0 Å². The summed E-state index contributed by atoms with van der Waals surface area (Å²) >= 11 is 0. The molecule has 0 aromatic carbocycles. The van der Waals surface area contributed by atoms with Gasteiger partial charge in [0.1, 0.15) is 6.10 Å². The summed E-state index contributed by atoms with van der Waals surface area (Å²) in [6.45, 7) is 7.39. The van der Waals surface area contributed by atoms with E-state index >= 15 is 0 Å². The normalized spacial score (nSPS) is 16.7. The third-order valence-electron chi connectivity index (χ3n) is 4.11. The lowest BCUT2D eigenvalue weighted by molar-refractivity contribution is 0.0915. The van der Waals surface area contributed by atoms with Crippen molar-refractivity contribution >= 4 is 0 Å². The molecule has 0 amide bonds. The van der Waals surface area contributed by atoms with Crippen molar-refractivity contribution in [2.45, 2.75) is 46.0 Å². The number of aliphatic hydroxyl groups excluding tert-OH is 2. The molecular formula is C16H25N5O2. The predicted molar refractivity (Wildman–Crippen MR) is 85.5 cm³/mol. The minimum atomic E-state index is -0.896. The van der Waals surface area contributed by atoms with Gasteiger partial charge in [0.2, 0.25) is 0 Å². The lowest BCUT2D eigenvalue weighted by atomic mass is 10.1. The van der Waals surface area contributed by atoms with Gasteiger partial charge >= 0.3 is 0 Å². The number of hydrogen-bond donors (Lipinski definition) is 3. The van der Waals surface area contributed by atoms with Crippen molar-refractivity contribution in [3.05, 3.63) is 34.9 Å². The van der Waals surface area contributed by atoms with E-state index in [0.717, 1.165) is 49.7 Å². The van der Waals surface area contributed by atoms with E-state index in [-0.39, 0.29) is 6.61 Å². The molecule has 0 saturated heterocycles. The number of rotatable bonds is 6. The maximum Gasteiger partial charge on any atom is 0.121 e. The number of hydrogen-bond acceptors (Lipinski definition) is 5. The molecule has 126 valence electrons. The summed E-state index contributed by atoms with van der Waals surface area (Å²) in [6, 6.07) is 4.02. The molecule has 1 aliphatic heterocycles. The highest BCUT2D eigenvalue weighted by Crippen LogP contribution is 2.19. The molecule has 0 bridgehead atoms. The highest BCUT2D eigenvalue weighted by atomic mass is 16.3. The predicted octanol–water partition coefficient (Wildman–Crippen LogP) is 0.846. The first-order chi connectivity index (χ1) is 11.0. The summed E-state index contributed by atoms with van der Waals surface area (Å²) in [5, 5.41) is 30.6. The molecule has 2 aromatic rings. The second kappa shape index (κ2) is 6.82. The molecule has 0 spiro atoms. The Hall–Kier alpha value is -1.70. The van der Waals surface area contributed by atoms with Crippen LogP contribution in [0.15, 0.2) is 12.1 Å². The largest absolute Gasteiger partial charge is 0.393 e. The van der Waals surface area contributed by atoms with Gasteiger partial charge in [-0.15, -0.1) is 0 Å². The van der Waals surface area contributed by atoms with Gasteiger partial charge in [-0.25, -0.2) is 0 Å². The SMILES string of the molecule is CC(C)Cc1cc(CN2CCn3nc([C@@H](O)CO)cc3C2)[nH]n1. The van der Waals surface area contributed by atoms with Crippen LogP contribution >= 0.6 is 0 Å². The zero-order valence-electron chi connectivity index (χ0n) is 13.7. The van der Waals surface area contributed by atoms with Crippen LogP contribution in [-0.2, 0) is 26.1 Å². The summed E-state index contributed by atoms with van der Waals surface area (Å²) in [5.41, 5.74) is 3.86. The molecule has 0 saturated carbocycles. The van der Waals surface area contributed by atoms with Crippen LogP contribution < -0.4 is 0 Å². The van der Waals surface area contributed by atoms with E-state index in [9.17, 15) is 5.11 Å². The Labute approximate surface area is 135 Å². The van der Waals surface area contributed by atoms with E-state index in [1.807, 2.05) is 10.7 Å². The van der Waals surface area contributed by atoms with E-state index in [1.165, 1.54) is 0 Å². The van der Waals surface area contributed by atoms with Crippen molar-refractivity contribution in [3.8, 4) is 0 Å². The molecule has 0 aliphatic carbocycles. The van der Waals surface area contributed by atoms with Crippen molar-refractivity contribution in [1.29, 1.82) is 0 Å². The number of nitrogens with one attached hydrogen (secondary N) is 1. The number of aromatic amines is 1. The monoisotopic (exact) mass is 319 g/mol. The summed E-state index contributed by atoms with van der Waals surface area (Å²) in [4.78, 5) is 2.33. The Bertz CT molecular complexity index is 649. The average Bonchev–Trinajstić information content (AvgIpc) is 3.12. The number of aliphatic hydroxyl groups is 2. The smallest absolute Gasteiger partial charge is 0.121 e. The van der Waals surface area contributed by atoms with Gasteiger partial charge in [0, 0.05) is 25.3 Å². The summed E-state index contributed by atoms with van der Waals surface area (Å²) in [5.74, 6) is 0.604. The molecule has 1 atom stereocenters. The molecule has 7 heteroatoms.